The van der Waals surface area contributed by atoms with Crippen molar-refractivity contribution in [1.82, 2.24) is 20.7 Å². The molecule has 0 aromatic carbocycles. The fourth-order valence-electron chi connectivity index (χ4n) is 2.64. The van der Waals surface area contributed by atoms with Gasteiger partial charge in [0.1, 0.15) is 0 Å². The Balaban J connectivity index is 1.77. The predicted octanol–water partition coefficient (Wildman–Crippen LogP) is 1.21. The molecule has 0 saturated carbocycles. The first-order valence-electron chi connectivity index (χ1n) is 7.92. The number of nitrogens with one attached hydrogen (secondary N) is 2. The molecule has 1 amide bonds. The van der Waals surface area contributed by atoms with Gasteiger partial charge in [0.05, 0.1) is 5.69 Å². The van der Waals surface area contributed by atoms with Gasteiger partial charge in [-0.25, -0.2) is 0 Å². The fraction of sp³-hybridized carbons (Fsp3) is 0.733. The summed E-state index contributed by atoms with van der Waals surface area (Å²) in [7, 11) is 0. The van der Waals surface area contributed by atoms with Crippen molar-refractivity contribution < 1.29 is 9.32 Å². The van der Waals surface area contributed by atoms with E-state index in [2.05, 4.69) is 34.5 Å². The van der Waals surface area contributed by atoms with Crippen molar-refractivity contribution in [1.29, 1.82) is 0 Å². The van der Waals surface area contributed by atoms with Crippen LogP contribution < -0.4 is 10.6 Å². The summed E-state index contributed by atoms with van der Waals surface area (Å²) in [5.41, 5.74) is 0.882. The maximum absolute atomic E-state index is 12.0. The second-order valence-corrected chi connectivity index (χ2v) is 5.48. The average Bonchev–Trinajstić information content (AvgIpc) is 2.99. The zero-order valence-corrected chi connectivity index (χ0v) is 13.0. The van der Waals surface area contributed by atoms with Crippen molar-refractivity contribution in [3.63, 3.8) is 0 Å². The zero-order chi connectivity index (χ0) is 15.1. The van der Waals surface area contributed by atoms with Crippen LogP contribution in [0.3, 0.4) is 0 Å². The lowest BCUT2D eigenvalue weighted by atomic mass is 9.99. The molecule has 0 atom stereocenters. The van der Waals surface area contributed by atoms with E-state index in [1.807, 2.05) is 0 Å². The highest BCUT2D eigenvalue weighted by Crippen LogP contribution is 2.22. The van der Waals surface area contributed by atoms with Crippen LogP contribution in [-0.2, 0) is 0 Å². The highest BCUT2D eigenvalue weighted by Gasteiger charge is 2.17. The van der Waals surface area contributed by atoms with Gasteiger partial charge < -0.3 is 15.2 Å². The van der Waals surface area contributed by atoms with Gasteiger partial charge in [-0.3, -0.25) is 9.69 Å². The Hall–Kier alpha value is -1.40. The number of rotatable bonds is 7. The third-order valence-corrected chi connectivity index (χ3v) is 4.08. The number of carbonyl (C=O) groups is 1. The van der Waals surface area contributed by atoms with Gasteiger partial charge in [-0.1, -0.05) is 19.0 Å². The number of carbonyl (C=O) groups excluding carboxylic acids is 1. The molecule has 1 saturated heterocycles. The van der Waals surface area contributed by atoms with Gasteiger partial charge in [0.15, 0.2) is 0 Å². The molecule has 118 valence electrons. The van der Waals surface area contributed by atoms with E-state index >= 15 is 0 Å². The van der Waals surface area contributed by atoms with Crippen molar-refractivity contribution in [2.24, 2.45) is 0 Å². The standard InChI is InChI=1S/C15H26N4O2/c1-3-12(4-2)13-11-14(21-18-13)15(20)17-7-10-19-8-5-16-6-9-19/h11-12,16H,3-10H2,1-2H3,(H,17,20). The van der Waals surface area contributed by atoms with Gasteiger partial charge in [-0.05, 0) is 12.8 Å². The highest BCUT2D eigenvalue weighted by molar-refractivity contribution is 5.91. The van der Waals surface area contributed by atoms with Gasteiger partial charge in [-0.2, -0.15) is 0 Å². The molecule has 1 fully saturated rings. The minimum Gasteiger partial charge on any atom is -0.351 e. The Bertz CT molecular complexity index is 437. The normalized spacial score (nSPS) is 16.3. The van der Waals surface area contributed by atoms with Crippen LogP contribution in [0.2, 0.25) is 0 Å². The quantitative estimate of drug-likeness (QED) is 0.791. The summed E-state index contributed by atoms with van der Waals surface area (Å²) in [4.78, 5) is 14.4. The smallest absolute Gasteiger partial charge is 0.289 e. The molecule has 0 spiro atoms. The van der Waals surface area contributed by atoms with Crippen LogP contribution in [0.1, 0.15) is 48.9 Å². The molecule has 1 aromatic rings. The number of hydrogen-bond acceptors (Lipinski definition) is 5. The summed E-state index contributed by atoms with van der Waals surface area (Å²) in [5.74, 6) is 0.517. The Morgan fingerprint density at radius 3 is 2.81 bits per heavy atom. The molecular formula is C15H26N4O2. The molecule has 0 bridgehead atoms. The lowest BCUT2D eigenvalue weighted by Crippen LogP contribution is -2.46. The van der Waals surface area contributed by atoms with E-state index in [1.165, 1.54) is 0 Å². The maximum atomic E-state index is 12.0. The van der Waals surface area contributed by atoms with Gasteiger partial charge >= 0.3 is 0 Å². The molecule has 6 nitrogen and oxygen atoms in total. The van der Waals surface area contributed by atoms with E-state index in [-0.39, 0.29) is 5.91 Å². The van der Waals surface area contributed by atoms with Crippen LogP contribution in [-0.4, -0.2) is 55.2 Å². The average molecular weight is 294 g/mol. The first-order valence-corrected chi connectivity index (χ1v) is 7.92. The van der Waals surface area contributed by atoms with Crippen molar-refractivity contribution in [3.05, 3.63) is 17.5 Å². The minimum absolute atomic E-state index is 0.171. The molecule has 1 aliphatic heterocycles. The van der Waals surface area contributed by atoms with E-state index in [0.29, 0.717) is 18.2 Å². The zero-order valence-electron chi connectivity index (χ0n) is 13.0. The first kappa shape index (κ1) is 16.0. The predicted molar refractivity (Wildman–Crippen MR) is 81.5 cm³/mol. The Labute approximate surface area is 126 Å². The van der Waals surface area contributed by atoms with Crippen LogP contribution in [0.25, 0.3) is 0 Å². The molecular weight excluding hydrogens is 268 g/mol. The summed E-state index contributed by atoms with van der Waals surface area (Å²) < 4.78 is 5.17. The summed E-state index contributed by atoms with van der Waals surface area (Å²) >= 11 is 0. The van der Waals surface area contributed by atoms with Crippen molar-refractivity contribution in [2.45, 2.75) is 32.6 Å². The van der Waals surface area contributed by atoms with Crippen LogP contribution in [0.5, 0.6) is 0 Å². The Morgan fingerprint density at radius 1 is 1.43 bits per heavy atom. The first-order chi connectivity index (χ1) is 10.2. The molecule has 2 heterocycles. The fourth-order valence-corrected chi connectivity index (χ4v) is 2.64. The summed E-state index contributed by atoms with van der Waals surface area (Å²) in [6.07, 6.45) is 2.01. The lowest BCUT2D eigenvalue weighted by molar-refractivity contribution is 0.0910. The molecule has 0 unspecified atom stereocenters. The highest BCUT2D eigenvalue weighted by atomic mass is 16.5. The molecule has 21 heavy (non-hydrogen) atoms. The molecule has 1 aliphatic rings. The minimum atomic E-state index is -0.171. The number of nitrogens with zero attached hydrogens (tertiary/aromatic N) is 2. The van der Waals surface area contributed by atoms with E-state index in [0.717, 1.165) is 51.3 Å². The van der Waals surface area contributed by atoms with E-state index in [9.17, 15) is 4.79 Å². The number of piperazine rings is 1. The van der Waals surface area contributed by atoms with Gasteiger partial charge in [-0.15, -0.1) is 0 Å². The largest absolute Gasteiger partial charge is 0.351 e. The molecule has 2 N–H and O–H groups in total. The topological polar surface area (TPSA) is 70.4 Å². The van der Waals surface area contributed by atoms with E-state index < -0.39 is 0 Å². The van der Waals surface area contributed by atoms with Crippen LogP contribution in [0.4, 0.5) is 0 Å². The summed E-state index contributed by atoms with van der Waals surface area (Å²) in [6.45, 7) is 9.88. The molecule has 0 aliphatic carbocycles. The number of amides is 1. The number of hydrogen-bond donors (Lipinski definition) is 2. The molecule has 2 rings (SSSR count). The summed E-state index contributed by atoms with van der Waals surface area (Å²) in [6, 6.07) is 1.78. The molecule has 1 aromatic heterocycles. The van der Waals surface area contributed by atoms with E-state index in [4.69, 9.17) is 4.52 Å². The maximum Gasteiger partial charge on any atom is 0.289 e. The SMILES string of the molecule is CCC(CC)c1cc(C(=O)NCCN2CCNCC2)on1. The lowest BCUT2D eigenvalue weighted by Gasteiger charge is -2.26. The molecule has 0 radical (unpaired) electrons. The third-order valence-electron chi connectivity index (χ3n) is 4.08. The van der Waals surface area contributed by atoms with Crippen molar-refractivity contribution in [2.75, 3.05) is 39.3 Å². The molecule has 6 heteroatoms. The summed E-state index contributed by atoms with van der Waals surface area (Å²) in [5, 5.41) is 10.2. The monoisotopic (exact) mass is 294 g/mol. The second kappa shape index (κ2) is 8.14. The second-order valence-electron chi connectivity index (χ2n) is 5.48. The third kappa shape index (κ3) is 4.54. The van der Waals surface area contributed by atoms with Crippen LogP contribution >= 0.6 is 0 Å². The van der Waals surface area contributed by atoms with Crippen molar-refractivity contribution in [3.8, 4) is 0 Å². The number of aromatic nitrogens is 1. The Morgan fingerprint density at radius 2 is 2.14 bits per heavy atom. The van der Waals surface area contributed by atoms with E-state index in [1.54, 1.807) is 6.07 Å². The van der Waals surface area contributed by atoms with Crippen LogP contribution in [0.15, 0.2) is 10.6 Å². The van der Waals surface area contributed by atoms with Gasteiger partial charge in [0, 0.05) is 51.3 Å². The van der Waals surface area contributed by atoms with Gasteiger partial charge in [0.2, 0.25) is 5.76 Å². The van der Waals surface area contributed by atoms with Crippen LogP contribution in [0, 0.1) is 0 Å². The van der Waals surface area contributed by atoms with Crippen molar-refractivity contribution >= 4 is 5.91 Å². The van der Waals surface area contributed by atoms with Gasteiger partial charge in [0.25, 0.3) is 5.91 Å². The Kier molecular flexibility index (Phi) is 6.20.